The third kappa shape index (κ3) is 4.30. The number of carbonyl (C=O) groups is 1. The monoisotopic (exact) mass is 357 g/mol. The molecular formula is C19H23N3O4. The maximum absolute atomic E-state index is 12.5. The Kier molecular flexibility index (Phi) is 6.16. The SMILES string of the molecule is CCN(Cc1ccc(OC)cc1)C(=O)/C=C/c1cn(C)c(=O)n(C)c1=O. The summed E-state index contributed by atoms with van der Waals surface area (Å²) >= 11 is 0. The molecule has 0 bridgehead atoms. The van der Waals surface area contributed by atoms with E-state index in [1.54, 1.807) is 19.1 Å². The average Bonchev–Trinajstić information content (AvgIpc) is 2.66. The third-order valence-corrected chi connectivity index (χ3v) is 4.10. The number of likely N-dealkylation sites (N-methyl/N-ethyl adjacent to an activating group) is 1. The largest absolute Gasteiger partial charge is 0.497 e. The Labute approximate surface area is 151 Å². The minimum Gasteiger partial charge on any atom is -0.497 e. The lowest BCUT2D eigenvalue weighted by molar-refractivity contribution is -0.126. The molecule has 0 spiro atoms. The van der Waals surface area contributed by atoms with E-state index in [4.69, 9.17) is 4.74 Å². The zero-order valence-electron chi connectivity index (χ0n) is 15.4. The molecular weight excluding hydrogens is 334 g/mol. The molecule has 7 heteroatoms. The lowest BCUT2D eigenvalue weighted by Crippen LogP contribution is -2.37. The Morgan fingerprint density at radius 2 is 1.85 bits per heavy atom. The third-order valence-electron chi connectivity index (χ3n) is 4.10. The zero-order chi connectivity index (χ0) is 19.3. The molecule has 0 N–H and O–H groups in total. The summed E-state index contributed by atoms with van der Waals surface area (Å²) in [6.45, 7) is 2.87. The first-order valence-corrected chi connectivity index (χ1v) is 8.24. The molecule has 0 radical (unpaired) electrons. The van der Waals surface area contributed by atoms with Crippen LogP contribution >= 0.6 is 0 Å². The van der Waals surface area contributed by atoms with E-state index in [0.717, 1.165) is 15.9 Å². The Morgan fingerprint density at radius 1 is 1.19 bits per heavy atom. The van der Waals surface area contributed by atoms with E-state index < -0.39 is 11.2 Å². The van der Waals surface area contributed by atoms with Crippen molar-refractivity contribution in [3.8, 4) is 5.75 Å². The number of amides is 1. The molecule has 1 amide bonds. The zero-order valence-corrected chi connectivity index (χ0v) is 15.4. The van der Waals surface area contributed by atoms with Gasteiger partial charge in [-0.15, -0.1) is 0 Å². The second kappa shape index (κ2) is 8.33. The number of ether oxygens (including phenoxy) is 1. The van der Waals surface area contributed by atoms with Crippen LogP contribution in [0.25, 0.3) is 6.08 Å². The van der Waals surface area contributed by atoms with Crippen molar-refractivity contribution in [3.63, 3.8) is 0 Å². The summed E-state index contributed by atoms with van der Waals surface area (Å²) in [6, 6.07) is 7.50. The van der Waals surface area contributed by atoms with E-state index in [0.29, 0.717) is 13.1 Å². The van der Waals surface area contributed by atoms with E-state index >= 15 is 0 Å². The highest BCUT2D eigenvalue weighted by atomic mass is 16.5. The van der Waals surface area contributed by atoms with Crippen molar-refractivity contribution in [2.24, 2.45) is 14.1 Å². The van der Waals surface area contributed by atoms with Crippen LogP contribution in [0.3, 0.4) is 0 Å². The van der Waals surface area contributed by atoms with Crippen LogP contribution in [0.4, 0.5) is 0 Å². The number of aryl methyl sites for hydroxylation is 1. The van der Waals surface area contributed by atoms with Gasteiger partial charge in [-0.1, -0.05) is 12.1 Å². The molecule has 0 saturated heterocycles. The minimum absolute atomic E-state index is 0.209. The van der Waals surface area contributed by atoms with Crippen LogP contribution < -0.4 is 16.0 Å². The van der Waals surface area contributed by atoms with Crippen molar-refractivity contribution in [3.05, 3.63) is 68.5 Å². The molecule has 2 aromatic rings. The van der Waals surface area contributed by atoms with Crippen LogP contribution in [0.5, 0.6) is 5.75 Å². The van der Waals surface area contributed by atoms with Crippen LogP contribution in [-0.2, 0) is 25.4 Å². The van der Waals surface area contributed by atoms with Crippen LogP contribution in [0.1, 0.15) is 18.1 Å². The quantitative estimate of drug-likeness (QED) is 0.727. The van der Waals surface area contributed by atoms with Crippen molar-refractivity contribution >= 4 is 12.0 Å². The summed E-state index contributed by atoms with van der Waals surface area (Å²) in [7, 11) is 4.57. The van der Waals surface area contributed by atoms with Crippen molar-refractivity contribution in [1.29, 1.82) is 0 Å². The first kappa shape index (κ1) is 19.2. The Hall–Kier alpha value is -3.09. The number of hydrogen-bond acceptors (Lipinski definition) is 4. The van der Waals surface area contributed by atoms with Gasteiger partial charge in [-0.3, -0.25) is 14.2 Å². The summed E-state index contributed by atoms with van der Waals surface area (Å²) in [4.78, 5) is 37.9. The van der Waals surface area contributed by atoms with E-state index in [9.17, 15) is 14.4 Å². The van der Waals surface area contributed by atoms with Crippen LogP contribution in [0, 0.1) is 0 Å². The topological polar surface area (TPSA) is 73.5 Å². The highest BCUT2D eigenvalue weighted by Crippen LogP contribution is 2.13. The molecule has 0 aliphatic heterocycles. The van der Waals surface area contributed by atoms with Gasteiger partial charge in [0.25, 0.3) is 5.56 Å². The Balaban J connectivity index is 2.17. The number of benzene rings is 1. The van der Waals surface area contributed by atoms with E-state index in [2.05, 4.69) is 0 Å². The van der Waals surface area contributed by atoms with E-state index in [1.807, 2.05) is 31.2 Å². The Bertz CT molecular complexity index is 923. The fraction of sp³-hybridized carbons (Fsp3) is 0.316. The molecule has 7 nitrogen and oxygen atoms in total. The lowest BCUT2D eigenvalue weighted by Gasteiger charge is -2.19. The maximum atomic E-state index is 12.5. The second-order valence-corrected chi connectivity index (χ2v) is 5.88. The van der Waals surface area contributed by atoms with Gasteiger partial charge < -0.3 is 14.2 Å². The molecule has 0 atom stereocenters. The van der Waals surface area contributed by atoms with Crippen molar-refractivity contribution < 1.29 is 9.53 Å². The molecule has 138 valence electrons. The summed E-state index contributed by atoms with van der Waals surface area (Å²) in [5.41, 5.74) is 0.416. The number of hydrogen-bond donors (Lipinski definition) is 0. The number of nitrogens with zero attached hydrogens (tertiary/aromatic N) is 3. The fourth-order valence-corrected chi connectivity index (χ4v) is 2.51. The fourth-order valence-electron chi connectivity index (χ4n) is 2.51. The molecule has 0 fully saturated rings. The van der Waals surface area contributed by atoms with Crippen LogP contribution in [0.2, 0.25) is 0 Å². The summed E-state index contributed by atoms with van der Waals surface area (Å²) in [5.74, 6) is 0.549. The van der Waals surface area contributed by atoms with Gasteiger partial charge in [0.1, 0.15) is 5.75 Å². The highest BCUT2D eigenvalue weighted by molar-refractivity contribution is 5.91. The summed E-state index contributed by atoms with van der Waals surface area (Å²) in [5, 5.41) is 0. The predicted octanol–water partition coefficient (Wildman–Crippen LogP) is 1.15. The number of rotatable bonds is 6. The van der Waals surface area contributed by atoms with Crippen LogP contribution in [0.15, 0.2) is 46.1 Å². The molecule has 26 heavy (non-hydrogen) atoms. The van der Waals surface area contributed by atoms with Crippen LogP contribution in [-0.4, -0.2) is 33.6 Å². The minimum atomic E-state index is -0.435. The molecule has 1 aromatic carbocycles. The predicted molar refractivity (Wildman–Crippen MR) is 100 cm³/mol. The number of aromatic nitrogens is 2. The van der Waals surface area contributed by atoms with Gasteiger partial charge in [0.05, 0.1) is 12.7 Å². The molecule has 0 aliphatic carbocycles. The summed E-state index contributed by atoms with van der Waals surface area (Å²) < 4.78 is 7.45. The van der Waals surface area contributed by atoms with Gasteiger partial charge >= 0.3 is 5.69 Å². The smallest absolute Gasteiger partial charge is 0.330 e. The van der Waals surface area contributed by atoms with Gasteiger partial charge in [-0.25, -0.2) is 4.79 Å². The molecule has 1 heterocycles. The molecule has 0 saturated carbocycles. The average molecular weight is 357 g/mol. The second-order valence-electron chi connectivity index (χ2n) is 5.88. The molecule has 1 aromatic heterocycles. The van der Waals surface area contributed by atoms with Gasteiger partial charge in [-0.05, 0) is 30.7 Å². The number of methoxy groups -OCH3 is 1. The summed E-state index contributed by atoms with van der Waals surface area (Å²) in [6.07, 6.45) is 4.23. The maximum Gasteiger partial charge on any atom is 0.330 e. The standard InChI is InChI=1S/C19H23N3O4/c1-5-22(12-14-6-9-16(26-4)10-7-14)17(23)11-8-15-13-20(2)19(25)21(3)18(15)24/h6-11,13H,5,12H2,1-4H3/b11-8+. The first-order chi connectivity index (χ1) is 12.4. The van der Waals surface area contributed by atoms with Gasteiger partial charge in [-0.2, -0.15) is 0 Å². The van der Waals surface area contributed by atoms with Crippen molar-refractivity contribution in [2.45, 2.75) is 13.5 Å². The van der Waals surface area contributed by atoms with E-state index in [-0.39, 0.29) is 11.5 Å². The Morgan fingerprint density at radius 3 is 2.42 bits per heavy atom. The van der Waals surface area contributed by atoms with E-state index in [1.165, 1.54) is 30.0 Å². The van der Waals surface area contributed by atoms with Gasteiger partial charge in [0.15, 0.2) is 0 Å². The van der Waals surface area contributed by atoms with Gasteiger partial charge in [0.2, 0.25) is 5.91 Å². The van der Waals surface area contributed by atoms with Crippen molar-refractivity contribution in [2.75, 3.05) is 13.7 Å². The molecule has 0 aliphatic rings. The molecule has 0 unspecified atom stereocenters. The first-order valence-electron chi connectivity index (χ1n) is 8.24. The lowest BCUT2D eigenvalue weighted by atomic mass is 10.2. The molecule has 2 rings (SSSR count). The highest BCUT2D eigenvalue weighted by Gasteiger charge is 2.10. The normalized spacial score (nSPS) is 10.9. The van der Waals surface area contributed by atoms with Gasteiger partial charge in [0, 0.05) is 39.5 Å². The van der Waals surface area contributed by atoms with Crippen molar-refractivity contribution in [1.82, 2.24) is 14.0 Å². The number of carbonyl (C=O) groups excluding carboxylic acids is 1.